The van der Waals surface area contributed by atoms with E-state index in [1.54, 1.807) is 30.2 Å². The van der Waals surface area contributed by atoms with Gasteiger partial charge in [-0.3, -0.25) is 9.69 Å². The van der Waals surface area contributed by atoms with Gasteiger partial charge in [-0.25, -0.2) is 19.3 Å². The van der Waals surface area contributed by atoms with Crippen molar-refractivity contribution in [3.8, 4) is 0 Å². The number of imidazole rings is 1. The summed E-state index contributed by atoms with van der Waals surface area (Å²) in [5.41, 5.74) is 8.46. The Kier molecular flexibility index (Phi) is 9.96. The minimum Gasteiger partial charge on any atom is -0.368 e. The number of halogens is 1. The van der Waals surface area contributed by atoms with E-state index in [1.165, 1.54) is 6.08 Å². The number of thioether (sulfide) groups is 1. The lowest BCUT2D eigenvalue weighted by atomic mass is 9.93. The van der Waals surface area contributed by atoms with Crippen LogP contribution in [0.3, 0.4) is 0 Å². The van der Waals surface area contributed by atoms with Gasteiger partial charge in [0.15, 0.2) is 5.16 Å². The number of aromatic nitrogens is 4. The normalized spacial score (nSPS) is 17.9. The highest BCUT2D eigenvalue weighted by atomic mass is 32.2. The van der Waals surface area contributed by atoms with E-state index in [0.717, 1.165) is 99.1 Å². The summed E-state index contributed by atoms with van der Waals surface area (Å²) in [6.45, 7) is 11.6. The van der Waals surface area contributed by atoms with Crippen molar-refractivity contribution >= 4 is 29.7 Å². The van der Waals surface area contributed by atoms with Crippen LogP contribution in [0.5, 0.6) is 0 Å². The molecule has 4 heterocycles. The molecular weight excluding hydrogens is 501 g/mol. The van der Waals surface area contributed by atoms with Gasteiger partial charge < -0.3 is 15.2 Å². The van der Waals surface area contributed by atoms with Crippen molar-refractivity contribution in [2.75, 3.05) is 37.7 Å². The summed E-state index contributed by atoms with van der Waals surface area (Å²) in [5.74, 6) is 1.19. The van der Waals surface area contributed by atoms with Gasteiger partial charge in [-0.1, -0.05) is 31.7 Å². The van der Waals surface area contributed by atoms with Crippen LogP contribution in [-0.2, 0) is 11.3 Å². The number of nitrogens with zero attached hydrogens (tertiary/aromatic N) is 6. The van der Waals surface area contributed by atoms with Gasteiger partial charge in [0.1, 0.15) is 5.83 Å². The van der Waals surface area contributed by atoms with E-state index in [1.807, 2.05) is 6.92 Å². The summed E-state index contributed by atoms with van der Waals surface area (Å²) in [6.07, 6.45) is 12.5. The van der Waals surface area contributed by atoms with Gasteiger partial charge in [-0.15, -0.1) is 0 Å². The molecule has 206 valence electrons. The number of piperidine rings is 2. The highest BCUT2D eigenvalue weighted by Crippen LogP contribution is 2.34. The minimum absolute atomic E-state index is 0.0789. The van der Waals surface area contributed by atoms with E-state index in [2.05, 4.69) is 37.8 Å². The third kappa shape index (κ3) is 7.22. The van der Waals surface area contributed by atoms with Gasteiger partial charge in [0.25, 0.3) is 0 Å². The maximum absolute atomic E-state index is 13.4. The fraction of sp³-hybridized carbons (Fsp3) is 0.571. The number of hydrogen-bond acceptors (Lipinski definition) is 7. The molecular formula is C28H40FN7OS. The maximum Gasteiger partial charge on any atom is 0.225 e. The van der Waals surface area contributed by atoms with Crippen LogP contribution >= 0.6 is 11.8 Å². The largest absolute Gasteiger partial charge is 0.368 e. The van der Waals surface area contributed by atoms with Gasteiger partial charge in [-0.2, -0.15) is 0 Å². The number of rotatable bonds is 10. The van der Waals surface area contributed by atoms with Crippen LogP contribution in [0, 0.1) is 12.8 Å². The molecule has 2 aromatic heterocycles. The second kappa shape index (κ2) is 13.4. The van der Waals surface area contributed by atoms with Crippen molar-refractivity contribution in [1.29, 1.82) is 0 Å². The van der Waals surface area contributed by atoms with E-state index in [-0.39, 0.29) is 23.8 Å². The predicted octanol–water partition coefficient (Wildman–Crippen LogP) is 5.03. The molecule has 4 rings (SSSR count). The summed E-state index contributed by atoms with van der Waals surface area (Å²) in [5, 5.41) is 0.990. The van der Waals surface area contributed by atoms with E-state index < -0.39 is 5.83 Å². The average molecular weight is 542 g/mol. The molecule has 2 aromatic rings. The Morgan fingerprint density at radius 1 is 1.18 bits per heavy atom. The number of hydrogen-bond donors (Lipinski definition) is 1. The maximum atomic E-state index is 13.4. The van der Waals surface area contributed by atoms with Crippen LogP contribution < -0.4 is 5.73 Å². The molecule has 2 N–H and O–H groups in total. The molecule has 38 heavy (non-hydrogen) atoms. The zero-order chi connectivity index (χ0) is 27.1. The van der Waals surface area contributed by atoms with Gasteiger partial charge >= 0.3 is 0 Å². The zero-order valence-electron chi connectivity index (χ0n) is 22.6. The van der Waals surface area contributed by atoms with Crippen LogP contribution in [0.1, 0.15) is 68.4 Å². The SMILES string of the molecule is C=C(F)/C=C\c1c(C)nc(SCCCC)n1C1CCN(C(=O)C2CCN(Cc3cnc(N)nc3)CC2)CC1. The predicted molar refractivity (Wildman–Crippen MR) is 151 cm³/mol. The highest BCUT2D eigenvalue weighted by Gasteiger charge is 2.32. The fourth-order valence-corrected chi connectivity index (χ4v) is 6.51. The van der Waals surface area contributed by atoms with Gasteiger partial charge in [0, 0.05) is 55.3 Å². The van der Waals surface area contributed by atoms with Gasteiger partial charge in [-0.05, 0) is 64.3 Å². The first-order chi connectivity index (χ1) is 18.4. The van der Waals surface area contributed by atoms with Crippen LogP contribution in [0.4, 0.5) is 10.3 Å². The van der Waals surface area contributed by atoms with E-state index in [4.69, 9.17) is 10.7 Å². The van der Waals surface area contributed by atoms with Crippen LogP contribution in [-0.4, -0.2) is 67.2 Å². The summed E-state index contributed by atoms with van der Waals surface area (Å²) >= 11 is 1.77. The summed E-state index contributed by atoms with van der Waals surface area (Å²) in [4.78, 5) is 30.8. The first kappa shape index (κ1) is 28.3. The standard InChI is InChI=1S/C28H40FN7OS/c1-4-5-16-38-28-33-21(3)25(7-6-20(2)29)36(28)24-10-14-35(15-11-24)26(37)23-8-12-34(13-9-23)19-22-17-31-27(30)32-18-22/h6-7,17-18,23-24H,2,4-5,8-16,19H2,1,3H3,(H2,30,31,32)/b7-6-. The zero-order valence-corrected chi connectivity index (χ0v) is 23.4. The summed E-state index contributed by atoms with van der Waals surface area (Å²) in [6, 6.07) is 0.237. The molecule has 0 saturated carbocycles. The Hall–Kier alpha value is -2.72. The molecule has 1 amide bonds. The number of amides is 1. The van der Waals surface area contributed by atoms with Gasteiger partial charge in [0.2, 0.25) is 11.9 Å². The Labute approximate surface area is 229 Å². The molecule has 0 spiro atoms. The highest BCUT2D eigenvalue weighted by molar-refractivity contribution is 7.99. The summed E-state index contributed by atoms with van der Waals surface area (Å²) < 4.78 is 15.7. The van der Waals surface area contributed by atoms with E-state index in [9.17, 15) is 9.18 Å². The smallest absolute Gasteiger partial charge is 0.225 e. The quantitative estimate of drug-likeness (QED) is 0.256. The number of nitrogen functional groups attached to an aromatic ring is 1. The molecule has 2 fully saturated rings. The molecule has 0 bridgehead atoms. The molecule has 0 radical (unpaired) electrons. The van der Waals surface area contributed by atoms with Crippen LogP contribution in [0.25, 0.3) is 6.08 Å². The third-order valence-corrected chi connectivity index (χ3v) is 8.50. The number of carbonyl (C=O) groups is 1. The van der Waals surface area contributed by atoms with Crippen LogP contribution in [0.15, 0.2) is 36.0 Å². The molecule has 0 aliphatic carbocycles. The summed E-state index contributed by atoms with van der Waals surface area (Å²) in [7, 11) is 0. The number of nitrogens with two attached hydrogens (primary N) is 1. The topological polar surface area (TPSA) is 93.2 Å². The minimum atomic E-state index is -0.467. The monoisotopic (exact) mass is 541 g/mol. The first-order valence-electron chi connectivity index (χ1n) is 13.7. The van der Waals surface area contributed by atoms with Crippen molar-refractivity contribution in [2.24, 2.45) is 5.92 Å². The van der Waals surface area contributed by atoms with E-state index >= 15 is 0 Å². The first-order valence-corrected chi connectivity index (χ1v) is 14.7. The second-order valence-electron chi connectivity index (χ2n) is 10.3. The Morgan fingerprint density at radius 2 is 1.87 bits per heavy atom. The lowest BCUT2D eigenvalue weighted by Crippen LogP contribution is -2.45. The lowest BCUT2D eigenvalue weighted by molar-refractivity contribution is -0.138. The Balaban J connectivity index is 1.34. The van der Waals surface area contributed by atoms with Crippen LogP contribution in [0.2, 0.25) is 0 Å². The molecule has 10 heteroatoms. The lowest BCUT2D eigenvalue weighted by Gasteiger charge is -2.38. The molecule has 2 aliphatic heterocycles. The number of unbranched alkanes of at least 4 members (excludes halogenated alkanes) is 1. The molecule has 2 saturated heterocycles. The van der Waals surface area contributed by atoms with Crippen molar-refractivity contribution in [2.45, 2.75) is 70.1 Å². The molecule has 2 aliphatic rings. The average Bonchev–Trinajstić information content (AvgIpc) is 3.23. The number of likely N-dealkylation sites (tertiary alicyclic amines) is 2. The third-order valence-electron chi connectivity index (χ3n) is 7.46. The van der Waals surface area contributed by atoms with E-state index in [0.29, 0.717) is 0 Å². The fourth-order valence-electron chi connectivity index (χ4n) is 5.31. The molecule has 0 unspecified atom stereocenters. The number of carbonyl (C=O) groups excluding carboxylic acids is 1. The second-order valence-corrected chi connectivity index (χ2v) is 11.3. The number of aryl methyl sites for hydroxylation is 1. The van der Waals surface area contributed by atoms with Crippen molar-refractivity contribution in [3.05, 3.63) is 47.8 Å². The Bertz CT molecular complexity index is 1120. The molecule has 0 atom stereocenters. The van der Waals surface area contributed by atoms with Crippen molar-refractivity contribution in [3.63, 3.8) is 0 Å². The van der Waals surface area contributed by atoms with Crippen molar-refractivity contribution in [1.82, 2.24) is 29.3 Å². The molecule has 8 nitrogen and oxygen atoms in total. The number of anilines is 1. The van der Waals surface area contributed by atoms with Gasteiger partial charge in [0.05, 0.1) is 11.4 Å². The molecule has 0 aromatic carbocycles. The van der Waals surface area contributed by atoms with Crippen molar-refractivity contribution < 1.29 is 9.18 Å². The number of allylic oxidation sites excluding steroid dienone is 2. The Morgan fingerprint density at radius 3 is 2.50 bits per heavy atom.